The van der Waals surface area contributed by atoms with Crippen molar-refractivity contribution >= 4 is 11.9 Å². The molecule has 0 saturated heterocycles. The van der Waals surface area contributed by atoms with Crippen molar-refractivity contribution in [2.45, 2.75) is 13.8 Å². The standard InChI is InChI=1S/C12H13O4.Cu/c1-3-15-11(13)9-6-5-7-10(8-9)12(14)16-4-2;/h6-8H,3-4H2,1-2H3;/q-1;+1. The molecule has 0 fully saturated rings. The molecule has 0 aliphatic rings. The molecule has 0 bridgehead atoms. The van der Waals surface area contributed by atoms with E-state index in [-0.39, 0.29) is 17.1 Å². The summed E-state index contributed by atoms with van der Waals surface area (Å²) in [6.07, 6.45) is 0. The molecule has 0 amide bonds. The van der Waals surface area contributed by atoms with Gasteiger partial charge < -0.3 is 9.47 Å². The maximum atomic E-state index is 11.4. The van der Waals surface area contributed by atoms with E-state index in [9.17, 15) is 9.59 Å². The van der Waals surface area contributed by atoms with E-state index in [1.54, 1.807) is 13.8 Å². The first-order chi connectivity index (χ1) is 7.69. The third kappa shape index (κ3) is 4.59. The first-order valence-electron chi connectivity index (χ1n) is 5.04. The minimum absolute atomic E-state index is 0. The first-order valence-corrected chi connectivity index (χ1v) is 5.04. The van der Waals surface area contributed by atoms with Crippen LogP contribution in [-0.2, 0) is 26.5 Å². The molecular weight excluding hydrogens is 272 g/mol. The van der Waals surface area contributed by atoms with E-state index in [1.165, 1.54) is 18.2 Å². The van der Waals surface area contributed by atoms with Crippen molar-refractivity contribution in [2.75, 3.05) is 13.2 Å². The Balaban J connectivity index is 0.00000256. The maximum Gasteiger partial charge on any atom is 1.00 e. The van der Waals surface area contributed by atoms with Crippen LogP contribution in [-0.4, -0.2) is 25.2 Å². The Hall–Kier alpha value is -1.32. The average molecular weight is 285 g/mol. The van der Waals surface area contributed by atoms with Gasteiger partial charge in [0.05, 0.1) is 13.2 Å². The summed E-state index contributed by atoms with van der Waals surface area (Å²) in [6, 6.07) is 7.09. The van der Waals surface area contributed by atoms with Gasteiger partial charge in [-0.15, -0.1) is 6.07 Å². The minimum Gasteiger partial charge on any atom is -0.472 e. The Labute approximate surface area is 111 Å². The summed E-state index contributed by atoms with van der Waals surface area (Å²) in [5.41, 5.74) is 0.597. The van der Waals surface area contributed by atoms with Crippen LogP contribution in [0.25, 0.3) is 0 Å². The topological polar surface area (TPSA) is 52.6 Å². The molecule has 1 aromatic rings. The molecule has 0 heterocycles. The van der Waals surface area contributed by atoms with Crippen LogP contribution in [0.4, 0.5) is 0 Å². The molecule has 0 aliphatic carbocycles. The molecule has 0 aliphatic heterocycles. The first kappa shape index (κ1) is 15.7. The number of rotatable bonds is 4. The van der Waals surface area contributed by atoms with Crippen molar-refractivity contribution in [3.8, 4) is 0 Å². The molecule has 0 radical (unpaired) electrons. The molecule has 1 rings (SSSR count). The molecule has 0 saturated carbocycles. The smallest absolute Gasteiger partial charge is 0.472 e. The molecule has 4 nitrogen and oxygen atoms in total. The molecule has 96 valence electrons. The molecule has 0 atom stereocenters. The summed E-state index contributed by atoms with van der Waals surface area (Å²) < 4.78 is 9.62. The monoisotopic (exact) mass is 284 g/mol. The van der Waals surface area contributed by atoms with Gasteiger partial charge in [0.15, 0.2) is 0 Å². The van der Waals surface area contributed by atoms with Gasteiger partial charge in [-0.05, 0) is 25.0 Å². The molecule has 17 heavy (non-hydrogen) atoms. The maximum absolute atomic E-state index is 11.4. The molecule has 0 unspecified atom stereocenters. The molecule has 0 N–H and O–H groups in total. The summed E-state index contributed by atoms with van der Waals surface area (Å²) in [5, 5.41) is 0. The van der Waals surface area contributed by atoms with Crippen LogP contribution in [0, 0.1) is 6.07 Å². The summed E-state index contributed by atoms with van der Waals surface area (Å²) >= 11 is 0. The minimum atomic E-state index is -0.468. The zero-order valence-corrected chi connectivity index (χ0v) is 10.5. The van der Waals surface area contributed by atoms with Gasteiger partial charge in [-0.1, -0.05) is 0 Å². The van der Waals surface area contributed by atoms with Gasteiger partial charge in [-0.3, -0.25) is 9.59 Å². The summed E-state index contributed by atoms with van der Waals surface area (Å²) in [4.78, 5) is 22.8. The summed E-state index contributed by atoms with van der Waals surface area (Å²) in [7, 11) is 0. The summed E-state index contributed by atoms with van der Waals surface area (Å²) in [6.45, 7) is 4.03. The van der Waals surface area contributed by atoms with Gasteiger partial charge in [-0.2, -0.15) is 18.2 Å². The fourth-order valence-corrected chi connectivity index (χ4v) is 1.14. The average Bonchev–Trinajstić information content (AvgIpc) is 2.30. The number of hydrogen-bond acceptors (Lipinski definition) is 4. The number of esters is 2. The van der Waals surface area contributed by atoms with Gasteiger partial charge in [-0.25, -0.2) is 0 Å². The van der Waals surface area contributed by atoms with Crippen LogP contribution in [0.5, 0.6) is 0 Å². The predicted octanol–water partition coefficient (Wildman–Crippen LogP) is 1.84. The molecular formula is C12H13CuO4. The second-order valence-corrected chi connectivity index (χ2v) is 2.95. The van der Waals surface area contributed by atoms with Crippen molar-refractivity contribution in [1.29, 1.82) is 0 Å². The van der Waals surface area contributed by atoms with E-state index in [0.29, 0.717) is 24.3 Å². The Morgan fingerprint density at radius 3 is 1.82 bits per heavy atom. The Morgan fingerprint density at radius 1 is 1.06 bits per heavy atom. The fraction of sp³-hybridized carbons (Fsp3) is 0.333. The largest absolute Gasteiger partial charge is 1.00 e. The number of carbonyl (C=O) groups is 2. The van der Waals surface area contributed by atoms with Gasteiger partial charge in [0.25, 0.3) is 11.9 Å². The molecule has 0 aromatic heterocycles. The van der Waals surface area contributed by atoms with Crippen LogP contribution >= 0.6 is 0 Å². The van der Waals surface area contributed by atoms with E-state index in [0.717, 1.165) is 0 Å². The van der Waals surface area contributed by atoms with Crippen molar-refractivity contribution in [3.63, 3.8) is 0 Å². The number of benzene rings is 1. The normalized spacial score (nSPS) is 9.06. The van der Waals surface area contributed by atoms with Crippen molar-refractivity contribution < 1.29 is 36.1 Å². The van der Waals surface area contributed by atoms with Crippen molar-refractivity contribution in [2.24, 2.45) is 0 Å². The van der Waals surface area contributed by atoms with Gasteiger partial charge >= 0.3 is 17.1 Å². The second kappa shape index (κ2) is 7.87. The quantitative estimate of drug-likeness (QED) is 0.481. The van der Waals surface area contributed by atoms with Crippen molar-refractivity contribution in [1.82, 2.24) is 0 Å². The van der Waals surface area contributed by atoms with E-state index >= 15 is 0 Å². The van der Waals surface area contributed by atoms with Crippen molar-refractivity contribution in [3.05, 3.63) is 35.4 Å². The Bertz CT molecular complexity index is 357. The van der Waals surface area contributed by atoms with E-state index in [4.69, 9.17) is 9.47 Å². The van der Waals surface area contributed by atoms with Gasteiger partial charge in [0, 0.05) is 0 Å². The fourth-order valence-electron chi connectivity index (χ4n) is 1.14. The zero-order chi connectivity index (χ0) is 12.0. The van der Waals surface area contributed by atoms with Gasteiger partial charge in [0.2, 0.25) is 0 Å². The van der Waals surface area contributed by atoms with E-state index in [2.05, 4.69) is 6.07 Å². The van der Waals surface area contributed by atoms with Crippen LogP contribution in [0.15, 0.2) is 18.2 Å². The van der Waals surface area contributed by atoms with Crippen LogP contribution < -0.4 is 0 Å². The predicted molar refractivity (Wildman–Crippen MR) is 57.2 cm³/mol. The third-order valence-electron chi connectivity index (χ3n) is 1.81. The van der Waals surface area contributed by atoms with E-state index < -0.39 is 11.9 Å². The Kier molecular flexibility index (Phi) is 7.26. The molecule has 1 aromatic carbocycles. The van der Waals surface area contributed by atoms with E-state index in [1.807, 2.05) is 0 Å². The Morgan fingerprint density at radius 2 is 1.47 bits per heavy atom. The third-order valence-corrected chi connectivity index (χ3v) is 1.81. The van der Waals surface area contributed by atoms with Gasteiger partial charge in [0.1, 0.15) is 0 Å². The number of ether oxygens (including phenoxy) is 2. The van der Waals surface area contributed by atoms with Crippen LogP contribution in [0.3, 0.4) is 0 Å². The summed E-state index contributed by atoms with van der Waals surface area (Å²) in [5.74, 6) is -0.935. The molecule has 0 spiro atoms. The van der Waals surface area contributed by atoms with Crippen LogP contribution in [0.2, 0.25) is 0 Å². The number of hydrogen-bond donors (Lipinski definition) is 0. The zero-order valence-electron chi connectivity index (χ0n) is 9.58. The van der Waals surface area contributed by atoms with Crippen LogP contribution in [0.1, 0.15) is 34.6 Å². The SMILES string of the molecule is CCOC(=O)c1c[c-]cc(C(=O)OCC)c1.[Cu+]. The second-order valence-electron chi connectivity index (χ2n) is 2.95. The molecule has 5 heteroatoms. The number of carbonyl (C=O) groups excluding carboxylic acids is 2.